The first-order valence-corrected chi connectivity index (χ1v) is 8.62. The normalized spacial score (nSPS) is 17.6. The summed E-state index contributed by atoms with van der Waals surface area (Å²) in [5.74, 6) is 1.36. The Bertz CT molecular complexity index is 502. The number of nitriles is 1. The molecule has 1 aliphatic carbocycles. The molecule has 3 nitrogen and oxygen atoms in total. The van der Waals surface area contributed by atoms with Gasteiger partial charge in [-0.15, -0.1) is 0 Å². The maximum atomic E-state index is 8.94. The molecule has 0 spiro atoms. The van der Waals surface area contributed by atoms with Gasteiger partial charge in [0.25, 0.3) is 0 Å². The number of ether oxygens (including phenoxy) is 2. The number of methoxy groups -OCH3 is 1. The van der Waals surface area contributed by atoms with Crippen LogP contribution in [0.1, 0.15) is 44.1 Å². The van der Waals surface area contributed by atoms with Gasteiger partial charge in [0.2, 0.25) is 0 Å². The Morgan fingerprint density at radius 1 is 1.19 bits per heavy atom. The van der Waals surface area contributed by atoms with Crippen LogP contribution in [0.4, 0.5) is 0 Å². The number of hydrogen-bond acceptors (Lipinski definition) is 3. The van der Waals surface area contributed by atoms with Gasteiger partial charge >= 0.3 is 0 Å². The number of alkyl halides is 1. The molecule has 0 unspecified atom stereocenters. The summed E-state index contributed by atoms with van der Waals surface area (Å²) < 4.78 is 11.4. The lowest BCUT2D eigenvalue weighted by atomic mass is 9.83. The zero-order valence-electron chi connectivity index (χ0n) is 12.5. The predicted octanol–water partition coefficient (Wildman–Crippen LogP) is 4.68. The van der Waals surface area contributed by atoms with E-state index in [4.69, 9.17) is 14.7 Å². The van der Waals surface area contributed by atoms with Crippen LogP contribution < -0.4 is 9.47 Å². The summed E-state index contributed by atoms with van der Waals surface area (Å²) >= 11 is 3.68. The van der Waals surface area contributed by atoms with Crippen molar-refractivity contribution in [1.29, 1.82) is 5.26 Å². The molecule has 0 aromatic heterocycles. The average molecular weight is 352 g/mol. The molecule has 4 heteroatoms. The Hall–Kier alpha value is -1.21. The van der Waals surface area contributed by atoms with E-state index in [1.807, 2.05) is 6.07 Å². The molecule has 1 aromatic rings. The first kappa shape index (κ1) is 16.2. The highest BCUT2D eigenvalue weighted by Crippen LogP contribution is 2.38. The van der Waals surface area contributed by atoms with Gasteiger partial charge in [0.15, 0.2) is 11.5 Å². The van der Waals surface area contributed by atoms with E-state index in [9.17, 15) is 0 Å². The fourth-order valence-corrected chi connectivity index (χ4v) is 3.60. The van der Waals surface area contributed by atoms with Gasteiger partial charge in [-0.1, -0.05) is 41.6 Å². The Balaban J connectivity index is 2.09. The lowest BCUT2D eigenvalue weighted by Gasteiger charge is -2.30. The second kappa shape index (κ2) is 7.70. The second-order valence-electron chi connectivity index (χ2n) is 5.81. The van der Waals surface area contributed by atoms with E-state index >= 15 is 0 Å². The third-order valence-electron chi connectivity index (χ3n) is 4.27. The molecule has 1 fully saturated rings. The van der Waals surface area contributed by atoms with Crippen LogP contribution in [0.3, 0.4) is 0 Å². The monoisotopic (exact) mass is 351 g/mol. The van der Waals surface area contributed by atoms with Crippen molar-refractivity contribution in [2.24, 2.45) is 5.41 Å². The SMILES string of the molecule is COc1cc(C#N)ccc1OCC1(CBr)CCCCCC1. The summed E-state index contributed by atoms with van der Waals surface area (Å²) in [5, 5.41) is 9.91. The largest absolute Gasteiger partial charge is 0.493 e. The lowest BCUT2D eigenvalue weighted by Crippen LogP contribution is -2.30. The molecule has 0 saturated heterocycles. The molecule has 114 valence electrons. The van der Waals surface area contributed by atoms with Crippen molar-refractivity contribution in [2.75, 3.05) is 19.0 Å². The van der Waals surface area contributed by atoms with Crippen molar-refractivity contribution in [2.45, 2.75) is 38.5 Å². The van der Waals surface area contributed by atoms with Gasteiger partial charge < -0.3 is 9.47 Å². The molecule has 21 heavy (non-hydrogen) atoms. The number of benzene rings is 1. The summed E-state index contributed by atoms with van der Waals surface area (Å²) in [5.41, 5.74) is 0.805. The van der Waals surface area contributed by atoms with Crippen molar-refractivity contribution in [3.63, 3.8) is 0 Å². The van der Waals surface area contributed by atoms with Gasteiger partial charge in [-0.05, 0) is 25.0 Å². The van der Waals surface area contributed by atoms with Gasteiger partial charge in [0.1, 0.15) is 0 Å². The molecular weight excluding hydrogens is 330 g/mol. The highest BCUT2D eigenvalue weighted by atomic mass is 79.9. The molecule has 0 heterocycles. The maximum absolute atomic E-state index is 8.94. The van der Waals surface area contributed by atoms with Crippen LogP contribution in [-0.4, -0.2) is 19.0 Å². The Morgan fingerprint density at radius 3 is 2.48 bits per heavy atom. The molecule has 0 atom stereocenters. The average Bonchev–Trinajstić information content (AvgIpc) is 2.79. The first-order valence-electron chi connectivity index (χ1n) is 7.50. The van der Waals surface area contributed by atoms with Gasteiger partial charge in [-0.2, -0.15) is 5.26 Å². The first-order chi connectivity index (χ1) is 10.2. The second-order valence-corrected chi connectivity index (χ2v) is 6.37. The summed E-state index contributed by atoms with van der Waals surface area (Å²) in [6, 6.07) is 7.44. The number of nitrogens with zero attached hydrogens (tertiary/aromatic N) is 1. The summed E-state index contributed by atoms with van der Waals surface area (Å²) in [7, 11) is 1.61. The van der Waals surface area contributed by atoms with Crippen LogP contribution >= 0.6 is 15.9 Å². The van der Waals surface area contributed by atoms with Crippen LogP contribution in [0.25, 0.3) is 0 Å². The van der Waals surface area contributed by atoms with E-state index in [0.29, 0.717) is 17.9 Å². The fraction of sp³-hybridized carbons (Fsp3) is 0.588. The van der Waals surface area contributed by atoms with E-state index in [1.54, 1.807) is 19.2 Å². The van der Waals surface area contributed by atoms with E-state index < -0.39 is 0 Å². The van der Waals surface area contributed by atoms with E-state index in [1.165, 1.54) is 38.5 Å². The topological polar surface area (TPSA) is 42.2 Å². The highest BCUT2D eigenvalue weighted by Gasteiger charge is 2.31. The van der Waals surface area contributed by atoms with Crippen LogP contribution in [0.5, 0.6) is 11.5 Å². The van der Waals surface area contributed by atoms with Crippen LogP contribution in [0.15, 0.2) is 18.2 Å². The molecule has 2 rings (SSSR count). The Labute approximate surface area is 135 Å². The fourth-order valence-electron chi connectivity index (χ4n) is 2.88. The Morgan fingerprint density at radius 2 is 1.90 bits per heavy atom. The predicted molar refractivity (Wildman–Crippen MR) is 87.1 cm³/mol. The van der Waals surface area contributed by atoms with Crippen molar-refractivity contribution < 1.29 is 9.47 Å². The van der Waals surface area contributed by atoms with Crippen LogP contribution in [0, 0.1) is 16.7 Å². The zero-order valence-corrected chi connectivity index (χ0v) is 14.1. The number of halogens is 1. The summed E-state index contributed by atoms with van der Waals surface area (Å²) in [4.78, 5) is 0. The number of hydrogen-bond donors (Lipinski definition) is 0. The van der Waals surface area contributed by atoms with E-state index in [0.717, 1.165) is 11.1 Å². The molecule has 1 aliphatic rings. The van der Waals surface area contributed by atoms with Crippen molar-refractivity contribution in [1.82, 2.24) is 0 Å². The van der Waals surface area contributed by atoms with Gasteiger partial charge in [-0.25, -0.2) is 0 Å². The molecule has 1 aromatic carbocycles. The van der Waals surface area contributed by atoms with Crippen molar-refractivity contribution in [3.05, 3.63) is 23.8 Å². The quantitative estimate of drug-likeness (QED) is 0.571. The standard InChI is InChI=1S/C17H22BrNO2/c1-20-16-10-14(11-19)6-7-15(16)21-13-17(12-18)8-4-2-3-5-9-17/h6-7,10H,2-5,8-9,12-13H2,1H3. The van der Waals surface area contributed by atoms with Crippen molar-refractivity contribution >= 4 is 15.9 Å². The van der Waals surface area contributed by atoms with E-state index in [-0.39, 0.29) is 5.41 Å². The highest BCUT2D eigenvalue weighted by molar-refractivity contribution is 9.09. The van der Waals surface area contributed by atoms with Crippen molar-refractivity contribution in [3.8, 4) is 17.6 Å². The van der Waals surface area contributed by atoms with Crippen LogP contribution in [0.2, 0.25) is 0 Å². The molecule has 0 radical (unpaired) electrons. The molecular formula is C17H22BrNO2. The van der Waals surface area contributed by atoms with E-state index in [2.05, 4.69) is 22.0 Å². The molecule has 0 amide bonds. The molecule has 1 saturated carbocycles. The third kappa shape index (κ3) is 4.14. The summed E-state index contributed by atoms with van der Waals surface area (Å²) in [6.07, 6.45) is 7.62. The minimum absolute atomic E-state index is 0.218. The van der Waals surface area contributed by atoms with Gasteiger partial charge in [0.05, 0.1) is 25.3 Å². The molecule has 0 aliphatic heterocycles. The zero-order chi connectivity index (χ0) is 15.1. The Kier molecular flexibility index (Phi) is 5.93. The summed E-state index contributed by atoms with van der Waals surface area (Å²) in [6.45, 7) is 0.695. The van der Waals surface area contributed by atoms with Gasteiger partial charge in [0, 0.05) is 16.8 Å². The van der Waals surface area contributed by atoms with Gasteiger partial charge in [-0.3, -0.25) is 0 Å². The number of rotatable bonds is 5. The maximum Gasteiger partial charge on any atom is 0.162 e. The smallest absolute Gasteiger partial charge is 0.162 e. The molecule has 0 N–H and O–H groups in total. The molecule has 0 bridgehead atoms. The lowest BCUT2D eigenvalue weighted by molar-refractivity contribution is 0.145. The minimum Gasteiger partial charge on any atom is -0.493 e. The third-order valence-corrected chi connectivity index (χ3v) is 5.46. The van der Waals surface area contributed by atoms with Crippen LogP contribution in [-0.2, 0) is 0 Å². The minimum atomic E-state index is 0.218.